The van der Waals surface area contributed by atoms with E-state index >= 15 is 0 Å². The summed E-state index contributed by atoms with van der Waals surface area (Å²) in [6.45, 7) is 2.16. The lowest BCUT2D eigenvalue weighted by molar-refractivity contribution is 0.0577. The van der Waals surface area contributed by atoms with Gasteiger partial charge in [0.1, 0.15) is 0 Å². The van der Waals surface area contributed by atoms with Crippen LogP contribution in [0.25, 0.3) is 0 Å². The molecule has 0 amide bonds. The van der Waals surface area contributed by atoms with Crippen LogP contribution in [0.3, 0.4) is 0 Å². The van der Waals surface area contributed by atoms with E-state index in [1.165, 1.54) is 30.9 Å². The smallest absolute Gasteiger partial charge is 0.0233 e. The van der Waals surface area contributed by atoms with Crippen molar-refractivity contribution in [3.8, 4) is 0 Å². The zero-order valence-corrected chi connectivity index (χ0v) is 7.65. The number of likely N-dealkylation sites (tertiary alicyclic amines) is 1. The van der Waals surface area contributed by atoms with E-state index in [1.54, 1.807) is 0 Å². The van der Waals surface area contributed by atoms with Crippen molar-refractivity contribution in [1.82, 2.24) is 4.90 Å². The molecule has 0 saturated carbocycles. The van der Waals surface area contributed by atoms with Crippen LogP contribution in [0.4, 0.5) is 0 Å². The number of thioether (sulfide) groups is 1. The molecule has 2 aliphatic rings. The van der Waals surface area contributed by atoms with E-state index in [4.69, 9.17) is 5.73 Å². The Bertz CT molecular complexity index is 132. The Labute approximate surface area is 72.5 Å². The van der Waals surface area contributed by atoms with Gasteiger partial charge >= 0.3 is 0 Å². The molecule has 0 aromatic heterocycles. The Kier molecular flexibility index (Phi) is 2.39. The first-order valence-corrected chi connectivity index (χ1v) is 5.61. The summed E-state index contributed by atoms with van der Waals surface area (Å²) < 4.78 is 0. The largest absolute Gasteiger partial charge is 0.329 e. The molecule has 2 heterocycles. The van der Waals surface area contributed by atoms with Gasteiger partial charge in [-0.3, -0.25) is 4.90 Å². The van der Waals surface area contributed by atoms with Gasteiger partial charge in [0.15, 0.2) is 0 Å². The maximum atomic E-state index is 5.64. The van der Waals surface area contributed by atoms with Crippen molar-refractivity contribution in [1.29, 1.82) is 0 Å². The summed E-state index contributed by atoms with van der Waals surface area (Å²) in [5.74, 6) is 2.70. The Hall–Kier alpha value is 0.270. The molecule has 64 valence electrons. The fourth-order valence-corrected chi connectivity index (χ4v) is 3.21. The number of nitrogens with zero attached hydrogens (tertiary/aromatic N) is 1. The molecule has 2 rings (SSSR count). The van der Waals surface area contributed by atoms with Gasteiger partial charge in [-0.05, 0) is 18.6 Å². The molecule has 0 aliphatic carbocycles. The minimum atomic E-state index is 0.721. The van der Waals surface area contributed by atoms with Gasteiger partial charge in [0.25, 0.3) is 0 Å². The van der Waals surface area contributed by atoms with Gasteiger partial charge in [-0.2, -0.15) is 11.8 Å². The lowest BCUT2D eigenvalue weighted by Crippen LogP contribution is -2.56. The first-order chi connectivity index (χ1) is 5.42. The number of rotatable bonds is 2. The predicted molar refractivity (Wildman–Crippen MR) is 49.9 cm³/mol. The molecule has 2 N–H and O–H groups in total. The zero-order chi connectivity index (χ0) is 7.68. The average Bonchev–Trinajstić information content (AvgIpc) is 2.39. The molecule has 2 nitrogen and oxygen atoms in total. The summed E-state index contributed by atoms with van der Waals surface area (Å²) in [7, 11) is 0. The van der Waals surface area contributed by atoms with Gasteiger partial charge in [-0.15, -0.1) is 0 Å². The summed E-state index contributed by atoms with van der Waals surface area (Å²) >= 11 is 2.09. The van der Waals surface area contributed by atoms with Crippen LogP contribution >= 0.6 is 11.8 Å². The predicted octanol–water partition coefficient (Wildman–Crippen LogP) is 0.525. The highest BCUT2D eigenvalue weighted by Crippen LogP contribution is 2.29. The van der Waals surface area contributed by atoms with E-state index in [2.05, 4.69) is 16.7 Å². The van der Waals surface area contributed by atoms with Crippen molar-refractivity contribution in [2.45, 2.75) is 24.9 Å². The third-order valence-electron chi connectivity index (χ3n) is 2.84. The minimum Gasteiger partial charge on any atom is -0.329 e. The molecule has 0 spiro atoms. The summed E-state index contributed by atoms with van der Waals surface area (Å²) in [4.78, 5) is 2.60. The SMILES string of the molecule is NCC1CCN1C1CCSC1. The maximum Gasteiger partial charge on any atom is 0.0233 e. The van der Waals surface area contributed by atoms with Crippen molar-refractivity contribution in [3.05, 3.63) is 0 Å². The van der Waals surface area contributed by atoms with Crippen molar-refractivity contribution in [3.63, 3.8) is 0 Å². The summed E-state index contributed by atoms with van der Waals surface area (Å²) in [5, 5.41) is 0. The maximum absolute atomic E-state index is 5.64. The third kappa shape index (κ3) is 1.42. The molecule has 0 radical (unpaired) electrons. The van der Waals surface area contributed by atoms with Crippen LogP contribution in [0.1, 0.15) is 12.8 Å². The topological polar surface area (TPSA) is 29.3 Å². The van der Waals surface area contributed by atoms with Crippen LogP contribution in [0.5, 0.6) is 0 Å². The first-order valence-electron chi connectivity index (χ1n) is 4.45. The Morgan fingerprint density at radius 3 is 2.82 bits per heavy atom. The summed E-state index contributed by atoms with van der Waals surface area (Å²) in [6, 6.07) is 1.58. The second-order valence-corrected chi connectivity index (χ2v) is 4.58. The molecule has 2 saturated heterocycles. The average molecular weight is 172 g/mol. The molecular weight excluding hydrogens is 156 g/mol. The van der Waals surface area contributed by atoms with Crippen molar-refractivity contribution >= 4 is 11.8 Å². The summed E-state index contributed by atoms with van der Waals surface area (Å²) in [6.07, 6.45) is 2.72. The third-order valence-corrected chi connectivity index (χ3v) is 3.98. The fourth-order valence-electron chi connectivity index (χ4n) is 1.98. The van der Waals surface area contributed by atoms with Crippen molar-refractivity contribution < 1.29 is 0 Å². The van der Waals surface area contributed by atoms with Crippen LogP contribution in [0.15, 0.2) is 0 Å². The van der Waals surface area contributed by atoms with Gasteiger partial charge in [-0.25, -0.2) is 0 Å². The van der Waals surface area contributed by atoms with Crippen LogP contribution in [0, 0.1) is 0 Å². The molecule has 2 atom stereocenters. The molecule has 2 aliphatic heterocycles. The normalized spacial score (nSPS) is 39.0. The van der Waals surface area contributed by atoms with Gasteiger partial charge in [0.05, 0.1) is 0 Å². The van der Waals surface area contributed by atoms with Gasteiger partial charge < -0.3 is 5.73 Å². The quantitative estimate of drug-likeness (QED) is 0.658. The van der Waals surface area contributed by atoms with Gasteiger partial charge in [0.2, 0.25) is 0 Å². The Balaban J connectivity index is 1.84. The van der Waals surface area contributed by atoms with E-state index < -0.39 is 0 Å². The molecule has 11 heavy (non-hydrogen) atoms. The minimum absolute atomic E-state index is 0.721. The van der Waals surface area contributed by atoms with E-state index in [0.29, 0.717) is 0 Å². The lowest BCUT2D eigenvalue weighted by Gasteiger charge is -2.44. The molecule has 0 bridgehead atoms. The van der Waals surface area contributed by atoms with Gasteiger partial charge in [-0.1, -0.05) is 0 Å². The van der Waals surface area contributed by atoms with Crippen LogP contribution in [-0.2, 0) is 0 Å². The molecule has 3 heteroatoms. The Morgan fingerprint density at radius 2 is 2.36 bits per heavy atom. The second-order valence-electron chi connectivity index (χ2n) is 3.43. The van der Waals surface area contributed by atoms with E-state index in [9.17, 15) is 0 Å². The zero-order valence-electron chi connectivity index (χ0n) is 6.83. The van der Waals surface area contributed by atoms with Crippen molar-refractivity contribution in [2.24, 2.45) is 5.73 Å². The molecule has 0 aromatic rings. The highest BCUT2D eigenvalue weighted by Gasteiger charge is 2.34. The first kappa shape index (κ1) is 7.90. The van der Waals surface area contributed by atoms with Crippen LogP contribution < -0.4 is 5.73 Å². The Morgan fingerprint density at radius 1 is 1.45 bits per heavy atom. The number of nitrogens with two attached hydrogens (primary N) is 1. The van der Waals surface area contributed by atoms with E-state index in [0.717, 1.165) is 18.6 Å². The number of hydrogen-bond acceptors (Lipinski definition) is 3. The van der Waals surface area contributed by atoms with Gasteiger partial charge in [0, 0.05) is 30.9 Å². The van der Waals surface area contributed by atoms with Crippen LogP contribution in [-0.4, -0.2) is 41.6 Å². The standard InChI is InChI=1S/C8H16N2S/c9-5-7-1-3-10(7)8-2-4-11-6-8/h7-8H,1-6,9H2. The van der Waals surface area contributed by atoms with E-state index in [-0.39, 0.29) is 0 Å². The molecule has 2 unspecified atom stereocenters. The van der Waals surface area contributed by atoms with Crippen LogP contribution in [0.2, 0.25) is 0 Å². The molecular formula is C8H16N2S. The highest BCUT2D eigenvalue weighted by molar-refractivity contribution is 7.99. The lowest BCUT2D eigenvalue weighted by atomic mass is 9.99. The summed E-state index contributed by atoms with van der Waals surface area (Å²) in [5.41, 5.74) is 5.64. The number of hydrogen-bond donors (Lipinski definition) is 1. The second kappa shape index (κ2) is 3.33. The fraction of sp³-hybridized carbons (Fsp3) is 1.00. The van der Waals surface area contributed by atoms with Crippen molar-refractivity contribution in [2.75, 3.05) is 24.6 Å². The monoisotopic (exact) mass is 172 g/mol. The van der Waals surface area contributed by atoms with E-state index in [1.807, 2.05) is 0 Å². The molecule has 0 aromatic carbocycles. The molecule has 2 fully saturated rings. The highest BCUT2D eigenvalue weighted by atomic mass is 32.2.